The van der Waals surface area contributed by atoms with Gasteiger partial charge in [0.1, 0.15) is 11.2 Å². The van der Waals surface area contributed by atoms with Gasteiger partial charge < -0.3 is 14.9 Å². The fourth-order valence-corrected chi connectivity index (χ4v) is 4.69. The number of rotatable bonds is 5. The molecule has 2 saturated heterocycles. The van der Waals surface area contributed by atoms with Crippen molar-refractivity contribution in [1.82, 2.24) is 19.6 Å². The van der Waals surface area contributed by atoms with E-state index in [1.54, 1.807) is 27.9 Å². The molecule has 11 heteroatoms. The van der Waals surface area contributed by atoms with Gasteiger partial charge in [-0.25, -0.2) is 4.39 Å². The van der Waals surface area contributed by atoms with E-state index in [1.165, 1.54) is 18.3 Å². The number of aliphatic hydroxyl groups excluding tert-OH is 1. The minimum absolute atomic E-state index is 0.0597. The molecule has 0 bridgehead atoms. The Hall–Kier alpha value is -2.95. The van der Waals surface area contributed by atoms with Crippen LogP contribution >= 0.6 is 0 Å². The lowest BCUT2D eigenvalue weighted by Crippen LogP contribution is -2.66. The van der Waals surface area contributed by atoms with Crippen molar-refractivity contribution in [1.29, 1.82) is 0 Å². The summed E-state index contributed by atoms with van der Waals surface area (Å²) in [5.41, 5.74) is -1.99. The summed E-state index contributed by atoms with van der Waals surface area (Å²) in [5.74, 6) is -2.00. The van der Waals surface area contributed by atoms with E-state index in [0.717, 1.165) is 24.3 Å². The Morgan fingerprint density at radius 2 is 1.74 bits per heavy atom. The van der Waals surface area contributed by atoms with Gasteiger partial charge in [0, 0.05) is 50.3 Å². The highest BCUT2D eigenvalue weighted by molar-refractivity contribution is 5.94. The van der Waals surface area contributed by atoms with E-state index in [1.807, 2.05) is 0 Å². The van der Waals surface area contributed by atoms with Crippen LogP contribution in [0.15, 0.2) is 36.7 Å². The van der Waals surface area contributed by atoms with Gasteiger partial charge in [-0.1, -0.05) is 12.1 Å². The average molecular weight is 482 g/mol. The molecule has 1 aromatic heterocycles. The first kappa shape index (κ1) is 24.2. The van der Waals surface area contributed by atoms with Gasteiger partial charge in [-0.15, -0.1) is 0 Å². The van der Waals surface area contributed by atoms with Gasteiger partial charge in [-0.2, -0.15) is 18.3 Å². The number of nitrogens with zero attached hydrogens (tertiary/aromatic N) is 4. The van der Waals surface area contributed by atoms with E-state index in [9.17, 15) is 32.3 Å². The zero-order valence-electron chi connectivity index (χ0n) is 18.8. The maximum absolute atomic E-state index is 13.3. The van der Waals surface area contributed by atoms with Gasteiger partial charge in [0.05, 0.1) is 18.3 Å². The standard InChI is InChI=1S/C23H26F4N4O3/c1-21(2,23(25,26)27)20(34)30-13-22(14-30)12-29(10-17(22)11-32)19(33)16-7-28-31(9-16)8-15-3-5-18(24)6-4-15/h3-7,9,17,32H,8,10-14H2,1-2H3. The van der Waals surface area contributed by atoms with Crippen LogP contribution in [-0.2, 0) is 11.3 Å². The Labute approximate surface area is 193 Å². The van der Waals surface area contributed by atoms with Crippen LogP contribution in [0.4, 0.5) is 17.6 Å². The number of amides is 2. The van der Waals surface area contributed by atoms with E-state index in [2.05, 4.69) is 5.10 Å². The highest BCUT2D eigenvalue weighted by atomic mass is 19.4. The number of carbonyl (C=O) groups excluding carboxylic acids is 2. The van der Waals surface area contributed by atoms with Crippen molar-refractivity contribution >= 4 is 11.8 Å². The number of aliphatic hydroxyl groups is 1. The Morgan fingerprint density at radius 3 is 2.32 bits per heavy atom. The molecule has 2 amide bonds. The third kappa shape index (κ3) is 4.17. The zero-order chi connectivity index (χ0) is 24.9. The summed E-state index contributed by atoms with van der Waals surface area (Å²) >= 11 is 0. The van der Waals surface area contributed by atoms with Gasteiger partial charge >= 0.3 is 6.18 Å². The van der Waals surface area contributed by atoms with Crippen LogP contribution in [0.5, 0.6) is 0 Å². The van der Waals surface area contributed by atoms with Gasteiger partial charge in [0.25, 0.3) is 5.91 Å². The minimum atomic E-state index is -4.67. The summed E-state index contributed by atoms with van der Waals surface area (Å²) in [4.78, 5) is 28.2. The van der Waals surface area contributed by atoms with Crippen LogP contribution in [0, 0.1) is 22.6 Å². The van der Waals surface area contributed by atoms with E-state index >= 15 is 0 Å². The van der Waals surface area contributed by atoms with Gasteiger partial charge in [-0.3, -0.25) is 14.3 Å². The number of aromatic nitrogens is 2. The summed E-state index contributed by atoms with van der Waals surface area (Å²) < 4.78 is 54.4. The number of likely N-dealkylation sites (tertiary alicyclic amines) is 2. The zero-order valence-corrected chi connectivity index (χ0v) is 18.8. The van der Waals surface area contributed by atoms with Gasteiger partial charge in [-0.05, 0) is 31.5 Å². The summed E-state index contributed by atoms with van der Waals surface area (Å²) in [6.07, 6.45) is -1.67. The second kappa shape index (κ2) is 8.37. The molecule has 2 fully saturated rings. The molecule has 2 aromatic rings. The van der Waals surface area contributed by atoms with Crippen LogP contribution in [0.1, 0.15) is 29.8 Å². The van der Waals surface area contributed by atoms with Crippen molar-refractivity contribution in [2.45, 2.75) is 26.6 Å². The molecule has 4 rings (SSSR count). The maximum Gasteiger partial charge on any atom is 0.402 e. The van der Waals surface area contributed by atoms with Gasteiger partial charge in [0.15, 0.2) is 0 Å². The molecule has 34 heavy (non-hydrogen) atoms. The van der Waals surface area contributed by atoms with Crippen LogP contribution in [0.25, 0.3) is 0 Å². The number of benzene rings is 1. The molecule has 2 aliphatic heterocycles. The summed E-state index contributed by atoms with van der Waals surface area (Å²) in [5, 5.41) is 14.1. The molecular weight excluding hydrogens is 456 g/mol. The quantitative estimate of drug-likeness (QED) is 0.665. The van der Waals surface area contributed by atoms with E-state index in [0.29, 0.717) is 12.1 Å². The van der Waals surface area contributed by atoms with Crippen LogP contribution in [-0.4, -0.2) is 75.5 Å². The Bertz CT molecular complexity index is 1070. The highest BCUT2D eigenvalue weighted by Crippen LogP contribution is 2.47. The molecule has 1 spiro atoms. The fraction of sp³-hybridized carbons (Fsp3) is 0.522. The third-order valence-corrected chi connectivity index (χ3v) is 7.00. The predicted molar refractivity (Wildman–Crippen MR) is 113 cm³/mol. The molecule has 1 N–H and O–H groups in total. The monoisotopic (exact) mass is 482 g/mol. The average Bonchev–Trinajstić information content (AvgIpc) is 3.37. The molecule has 7 nitrogen and oxygen atoms in total. The molecule has 184 valence electrons. The van der Waals surface area contributed by atoms with E-state index in [-0.39, 0.29) is 50.4 Å². The van der Waals surface area contributed by atoms with E-state index < -0.39 is 22.9 Å². The topological polar surface area (TPSA) is 78.7 Å². The van der Waals surface area contributed by atoms with Crippen molar-refractivity contribution in [3.63, 3.8) is 0 Å². The van der Waals surface area contributed by atoms with Crippen molar-refractivity contribution in [2.75, 3.05) is 32.8 Å². The summed E-state index contributed by atoms with van der Waals surface area (Å²) in [6.45, 7) is 2.42. The number of hydrogen-bond donors (Lipinski definition) is 1. The molecule has 3 heterocycles. The first-order chi connectivity index (χ1) is 15.9. The normalized spacial score (nSPS) is 20.0. The van der Waals surface area contributed by atoms with Crippen LogP contribution in [0.2, 0.25) is 0 Å². The van der Waals surface area contributed by atoms with Crippen molar-refractivity contribution < 1.29 is 32.3 Å². The van der Waals surface area contributed by atoms with E-state index in [4.69, 9.17) is 0 Å². The van der Waals surface area contributed by atoms with Crippen molar-refractivity contribution in [2.24, 2.45) is 16.7 Å². The highest BCUT2D eigenvalue weighted by Gasteiger charge is 2.61. The molecule has 1 unspecified atom stereocenters. The molecule has 1 atom stereocenters. The van der Waals surface area contributed by atoms with Crippen molar-refractivity contribution in [3.8, 4) is 0 Å². The smallest absolute Gasteiger partial charge is 0.396 e. The van der Waals surface area contributed by atoms with Crippen LogP contribution in [0.3, 0.4) is 0 Å². The lowest BCUT2D eigenvalue weighted by atomic mass is 9.71. The molecule has 0 radical (unpaired) electrons. The van der Waals surface area contributed by atoms with Crippen LogP contribution < -0.4 is 0 Å². The minimum Gasteiger partial charge on any atom is -0.396 e. The molecule has 0 aliphatic carbocycles. The molecule has 1 aromatic carbocycles. The third-order valence-electron chi connectivity index (χ3n) is 7.00. The Kier molecular flexibility index (Phi) is 5.95. The lowest BCUT2D eigenvalue weighted by molar-refractivity contribution is -0.223. The lowest BCUT2D eigenvalue weighted by Gasteiger charge is -2.52. The number of hydrogen-bond acceptors (Lipinski definition) is 4. The molecule has 0 saturated carbocycles. The number of alkyl halides is 3. The predicted octanol–water partition coefficient (Wildman–Crippen LogP) is 2.55. The second-order valence-electron chi connectivity index (χ2n) is 9.76. The number of carbonyl (C=O) groups is 2. The Balaban J connectivity index is 1.41. The first-order valence-corrected chi connectivity index (χ1v) is 10.9. The fourth-order valence-electron chi connectivity index (χ4n) is 4.69. The second-order valence-corrected chi connectivity index (χ2v) is 9.76. The Morgan fingerprint density at radius 1 is 1.12 bits per heavy atom. The number of halogens is 4. The summed E-state index contributed by atoms with van der Waals surface area (Å²) in [7, 11) is 0. The maximum atomic E-state index is 13.3. The SMILES string of the molecule is CC(C)(C(=O)N1CC2(CN(C(=O)c3cnn(Cc4ccc(F)cc4)c3)CC2CO)C1)C(F)(F)F. The molecule has 2 aliphatic rings. The first-order valence-electron chi connectivity index (χ1n) is 10.9. The van der Waals surface area contributed by atoms with Crippen molar-refractivity contribution in [3.05, 3.63) is 53.6 Å². The largest absolute Gasteiger partial charge is 0.402 e. The summed E-state index contributed by atoms with van der Waals surface area (Å²) in [6, 6.07) is 5.93. The van der Waals surface area contributed by atoms with Gasteiger partial charge in [0.2, 0.25) is 5.91 Å². The molecular formula is C23H26F4N4O3.